The van der Waals surface area contributed by atoms with Gasteiger partial charge < -0.3 is 9.84 Å². The third-order valence-electron chi connectivity index (χ3n) is 4.18. The van der Waals surface area contributed by atoms with Crippen molar-refractivity contribution in [2.24, 2.45) is 0 Å². The molecular formula is C17H22ClN3O2. The fourth-order valence-corrected chi connectivity index (χ4v) is 3.10. The SMILES string of the molecule is CCc1nn(CCN2CCOCC2)c(O)c1-c1cccc(Cl)c1. The van der Waals surface area contributed by atoms with E-state index in [1.165, 1.54) is 0 Å². The van der Waals surface area contributed by atoms with Gasteiger partial charge in [-0.05, 0) is 24.1 Å². The summed E-state index contributed by atoms with van der Waals surface area (Å²) >= 11 is 6.08. The highest BCUT2D eigenvalue weighted by Gasteiger charge is 2.19. The van der Waals surface area contributed by atoms with Crippen molar-refractivity contribution in [2.45, 2.75) is 19.9 Å². The number of nitrogens with zero attached hydrogens (tertiary/aromatic N) is 3. The Labute approximate surface area is 141 Å². The van der Waals surface area contributed by atoms with Crippen molar-refractivity contribution in [3.63, 3.8) is 0 Å². The molecule has 1 aromatic carbocycles. The first-order valence-electron chi connectivity index (χ1n) is 8.03. The minimum absolute atomic E-state index is 0.220. The minimum atomic E-state index is 0.220. The predicted molar refractivity (Wildman–Crippen MR) is 91.0 cm³/mol. The van der Waals surface area contributed by atoms with Gasteiger partial charge in [-0.15, -0.1) is 0 Å². The maximum Gasteiger partial charge on any atom is 0.217 e. The first kappa shape index (κ1) is 16.3. The van der Waals surface area contributed by atoms with Crippen LogP contribution in [-0.4, -0.2) is 52.6 Å². The molecule has 1 fully saturated rings. The van der Waals surface area contributed by atoms with Crippen LogP contribution in [0.25, 0.3) is 11.1 Å². The van der Waals surface area contributed by atoms with Crippen LogP contribution in [0.15, 0.2) is 24.3 Å². The number of hydrogen-bond acceptors (Lipinski definition) is 4. The summed E-state index contributed by atoms with van der Waals surface area (Å²) < 4.78 is 7.06. The van der Waals surface area contributed by atoms with Crippen molar-refractivity contribution < 1.29 is 9.84 Å². The number of aromatic hydroxyl groups is 1. The summed E-state index contributed by atoms with van der Waals surface area (Å²) in [7, 11) is 0. The van der Waals surface area contributed by atoms with Gasteiger partial charge in [-0.2, -0.15) is 5.10 Å². The van der Waals surface area contributed by atoms with Crippen LogP contribution >= 0.6 is 11.6 Å². The zero-order chi connectivity index (χ0) is 16.2. The summed E-state index contributed by atoms with van der Waals surface area (Å²) in [5.74, 6) is 0.220. The second-order valence-electron chi connectivity index (χ2n) is 5.69. The summed E-state index contributed by atoms with van der Waals surface area (Å²) in [4.78, 5) is 2.33. The van der Waals surface area contributed by atoms with E-state index < -0.39 is 0 Å². The van der Waals surface area contributed by atoms with Gasteiger partial charge in [0, 0.05) is 24.7 Å². The molecule has 3 rings (SSSR count). The lowest BCUT2D eigenvalue weighted by molar-refractivity contribution is 0.0357. The van der Waals surface area contributed by atoms with Crippen LogP contribution in [0.1, 0.15) is 12.6 Å². The topological polar surface area (TPSA) is 50.5 Å². The van der Waals surface area contributed by atoms with Crippen molar-refractivity contribution >= 4 is 11.6 Å². The van der Waals surface area contributed by atoms with Crippen molar-refractivity contribution in [1.82, 2.24) is 14.7 Å². The number of ether oxygens (including phenoxy) is 1. The summed E-state index contributed by atoms with van der Waals surface area (Å²) in [6, 6.07) is 7.54. The Bertz CT molecular complexity index is 666. The van der Waals surface area contributed by atoms with Gasteiger partial charge in [0.25, 0.3) is 0 Å². The Morgan fingerprint density at radius 3 is 2.74 bits per heavy atom. The van der Waals surface area contributed by atoms with Gasteiger partial charge in [0.15, 0.2) is 0 Å². The summed E-state index contributed by atoms with van der Waals surface area (Å²) in [6.07, 6.45) is 0.764. The molecule has 1 aliphatic rings. The summed E-state index contributed by atoms with van der Waals surface area (Å²) in [5.41, 5.74) is 2.59. The standard InChI is InChI=1S/C17H22ClN3O2/c1-2-15-16(13-4-3-5-14(18)12-13)17(22)21(19-15)7-6-20-8-10-23-11-9-20/h3-5,12,22H,2,6-11H2,1H3. The quantitative estimate of drug-likeness (QED) is 0.913. The molecule has 6 heteroatoms. The van der Waals surface area contributed by atoms with Crippen LogP contribution < -0.4 is 0 Å². The number of rotatable bonds is 5. The predicted octanol–water partition coefficient (Wildman–Crippen LogP) is 2.80. The Hall–Kier alpha value is -1.56. The number of benzene rings is 1. The number of halogens is 1. The third-order valence-corrected chi connectivity index (χ3v) is 4.41. The highest BCUT2D eigenvalue weighted by atomic mass is 35.5. The zero-order valence-corrected chi connectivity index (χ0v) is 14.1. The molecule has 0 spiro atoms. The average Bonchev–Trinajstić information content (AvgIpc) is 2.90. The maximum atomic E-state index is 10.6. The van der Waals surface area contributed by atoms with E-state index in [1.54, 1.807) is 4.68 Å². The lowest BCUT2D eigenvalue weighted by atomic mass is 10.0. The number of aromatic nitrogens is 2. The fraction of sp³-hybridized carbons (Fsp3) is 0.471. The van der Waals surface area contributed by atoms with Gasteiger partial charge in [0.05, 0.1) is 31.0 Å². The molecule has 0 amide bonds. The van der Waals surface area contributed by atoms with Crippen LogP contribution in [0.3, 0.4) is 0 Å². The maximum absolute atomic E-state index is 10.6. The molecule has 1 N–H and O–H groups in total. The first-order chi connectivity index (χ1) is 11.2. The van der Waals surface area contributed by atoms with E-state index in [-0.39, 0.29) is 5.88 Å². The molecule has 1 saturated heterocycles. The Morgan fingerprint density at radius 2 is 2.04 bits per heavy atom. The molecule has 23 heavy (non-hydrogen) atoms. The lowest BCUT2D eigenvalue weighted by Crippen LogP contribution is -2.38. The van der Waals surface area contributed by atoms with Crippen LogP contribution in [0.4, 0.5) is 0 Å². The molecule has 0 bridgehead atoms. The van der Waals surface area contributed by atoms with Gasteiger partial charge in [-0.25, -0.2) is 4.68 Å². The minimum Gasteiger partial charge on any atom is -0.493 e. The number of morpholine rings is 1. The van der Waals surface area contributed by atoms with Crippen LogP contribution in [0.5, 0.6) is 5.88 Å². The average molecular weight is 336 g/mol. The zero-order valence-electron chi connectivity index (χ0n) is 13.3. The van der Waals surface area contributed by atoms with E-state index in [4.69, 9.17) is 16.3 Å². The number of hydrogen-bond donors (Lipinski definition) is 1. The first-order valence-corrected chi connectivity index (χ1v) is 8.41. The van der Waals surface area contributed by atoms with Crippen molar-refractivity contribution in [1.29, 1.82) is 0 Å². The molecule has 0 unspecified atom stereocenters. The van der Waals surface area contributed by atoms with E-state index in [1.807, 2.05) is 31.2 Å². The molecular weight excluding hydrogens is 314 g/mol. The Morgan fingerprint density at radius 1 is 1.26 bits per heavy atom. The Kier molecular flexibility index (Phi) is 5.20. The second-order valence-corrected chi connectivity index (χ2v) is 6.12. The van der Waals surface area contributed by atoms with E-state index in [0.29, 0.717) is 11.6 Å². The van der Waals surface area contributed by atoms with E-state index >= 15 is 0 Å². The normalized spacial score (nSPS) is 15.9. The van der Waals surface area contributed by atoms with Gasteiger partial charge in [0.2, 0.25) is 5.88 Å². The van der Waals surface area contributed by atoms with Gasteiger partial charge in [-0.3, -0.25) is 4.90 Å². The van der Waals surface area contributed by atoms with Gasteiger partial charge in [0.1, 0.15) is 0 Å². The monoisotopic (exact) mass is 335 g/mol. The van der Waals surface area contributed by atoms with Crippen LogP contribution in [0.2, 0.25) is 5.02 Å². The Balaban J connectivity index is 1.82. The molecule has 1 aliphatic heterocycles. The molecule has 2 heterocycles. The van der Waals surface area contributed by atoms with E-state index in [0.717, 1.165) is 56.1 Å². The molecule has 0 aliphatic carbocycles. The van der Waals surface area contributed by atoms with Crippen molar-refractivity contribution in [3.8, 4) is 17.0 Å². The smallest absolute Gasteiger partial charge is 0.217 e. The molecule has 5 nitrogen and oxygen atoms in total. The molecule has 0 atom stereocenters. The molecule has 124 valence electrons. The highest BCUT2D eigenvalue weighted by Crippen LogP contribution is 2.34. The van der Waals surface area contributed by atoms with E-state index in [2.05, 4.69) is 10.00 Å². The second kappa shape index (κ2) is 7.34. The van der Waals surface area contributed by atoms with Crippen LogP contribution in [-0.2, 0) is 17.7 Å². The van der Waals surface area contributed by atoms with Gasteiger partial charge in [-0.1, -0.05) is 30.7 Å². The van der Waals surface area contributed by atoms with Crippen LogP contribution in [0, 0.1) is 0 Å². The summed E-state index contributed by atoms with van der Waals surface area (Å²) in [6.45, 7) is 6.99. The van der Waals surface area contributed by atoms with Crippen molar-refractivity contribution in [2.75, 3.05) is 32.8 Å². The molecule has 0 saturated carbocycles. The molecule has 0 radical (unpaired) electrons. The van der Waals surface area contributed by atoms with Gasteiger partial charge >= 0.3 is 0 Å². The highest BCUT2D eigenvalue weighted by molar-refractivity contribution is 6.30. The molecule has 2 aromatic rings. The third kappa shape index (κ3) is 3.68. The lowest BCUT2D eigenvalue weighted by Gasteiger charge is -2.26. The summed E-state index contributed by atoms with van der Waals surface area (Å²) in [5, 5.41) is 15.9. The number of aryl methyl sites for hydroxylation is 1. The molecule has 1 aromatic heterocycles. The van der Waals surface area contributed by atoms with E-state index in [9.17, 15) is 5.11 Å². The largest absolute Gasteiger partial charge is 0.493 e. The fourth-order valence-electron chi connectivity index (χ4n) is 2.91. The van der Waals surface area contributed by atoms with Crippen molar-refractivity contribution in [3.05, 3.63) is 35.0 Å².